The van der Waals surface area contributed by atoms with E-state index in [1.807, 2.05) is 0 Å². The second-order valence-electron chi connectivity index (χ2n) is 3.07. The number of amides is 1. The Hall–Kier alpha value is -0.610. The lowest BCUT2D eigenvalue weighted by Gasteiger charge is -2.12. The molecule has 4 nitrogen and oxygen atoms in total. The molecule has 0 saturated carbocycles. The maximum Gasteiger partial charge on any atom is 0.218 e. The van der Waals surface area contributed by atoms with E-state index in [0.29, 0.717) is 12.5 Å². The van der Waals surface area contributed by atoms with Crippen molar-refractivity contribution in [3.05, 3.63) is 0 Å². The van der Waals surface area contributed by atoms with Gasteiger partial charge < -0.3 is 16.4 Å². The first-order chi connectivity index (χ1) is 5.18. The summed E-state index contributed by atoms with van der Waals surface area (Å²) in [6.45, 7) is 2.69. The van der Waals surface area contributed by atoms with E-state index >= 15 is 0 Å². The summed E-state index contributed by atoms with van der Waals surface area (Å²) in [6, 6.07) is 0.294. The van der Waals surface area contributed by atoms with Gasteiger partial charge in [-0.3, -0.25) is 4.79 Å². The van der Waals surface area contributed by atoms with Crippen molar-refractivity contribution in [2.24, 2.45) is 11.5 Å². The van der Waals surface area contributed by atoms with Gasteiger partial charge in [-0.2, -0.15) is 0 Å². The zero-order valence-corrected chi connectivity index (χ0v) is 6.62. The van der Waals surface area contributed by atoms with Gasteiger partial charge in [0.05, 0.1) is 0 Å². The van der Waals surface area contributed by atoms with Crippen molar-refractivity contribution < 1.29 is 4.79 Å². The minimum Gasteiger partial charge on any atom is -0.370 e. The summed E-state index contributed by atoms with van der Waals surface area (Å²) in [5.74, 6) is -0.231. The second-order valence-corrected chi connectivity index (χ2v) is 3.07. The standard InChI is InChI=1S/C7H15N3O/c8-6-1-3-10(5-6)4-2-7(9)11/h6H,1-5,8H2,(H2,9,11)/t6-/m0/s1. The third-order valence-corrected chi connectivity index (χ3v) is 1.98. The fraction of sp³-hybridized carbons (Fsp3) is 0.857. The average Bonchev–Trinajstić information content (AvgIpc) is 2.31. The highest BCUT2D eigenvalue weighted by Gasteiger charge is 2.18. The van der Waals surface area contributed by atoms with Crippen LogP contribution >= 0.6 is 0 Å². The molecular formula is C7H15N3O. The van der Waals surface area contributed by atoms with Crippen molar-refractivity contribution in [2.75, 3.05) is 19.6 Å². The minimum absolute atomic E-state index is 0.231. The molecule has 1 aliphatic rings. The summed E-state index contributed by atoms with van der Waals surface area (Å²) in [4.78, 5) is 12.6. The SMILES string of the molecule is NC(=O)CCN1CC[C@H](N)C1. The zero-order valence-electron chi connectivity index (χ0n) is 6.62. The van der Waals surface area contributed by atoms with Crippen molar-refractivity contribution in [1.82, 2.24) is 4.90 Å². The Morgan fingerprint density at radius 3 is 2.82 bits per heavy atom. The van der Waals surface area contributed by atoms with E-state index in [9.17, 15) is 4.79 Å². The third-order valence-electron chi connectivity index (χ3n) is 1.98. The summed E-state index contributed by atoms with van der Waals surface area (Å²) >= 11 is 0. The van der Waals surface area contributed by atoms with Crippen LogP contribution in [0.3, 0.4) is 0 Å². The van der Waals surface area contributed by atoms with E-state index in [-0.39, 0.29) is 5.91 Å². The smallest absolute Gasteiger partial charge is 0.218 e. The van der Waals surface area contributed by atoms with Crippen LogP contribution in [-0.4, -0.2) is 36.5 Å². The van der Waals surface area contributed by atoms with E-state index in [2.05, 4.69) is 4.90 Å². The normalized spacial score (nSPS) is 25.7. The Morgan fingerprint density at radius 1 is 1.64 bits per heavy atom. The predicted octanol–water partition coefficient (Wildman–Crippen LogP) is -1.11. The van der Waals surface area contributed by atoms with Gasteiger partial charge in [0.2, 0.25) is 5.91 Å². The summed E-state index contributed by atoms with van der Waals surface area (Å²) < 4.78 is 0. The Balaban J connectivity index is 2.13. The Kier molecular flexibility index (Phi) is 2.84. The molecule has 0 unspecified atom stereocenters. The number of hydrogen-bond donors (Lipinski definition) is 2. The number of likely N-dealkylation sites (tertiary alicyclic amines) is 1. The van der Waals surface area contributed by atoms with E-state index in [0.717, 1.165) is 26.1 Å². The van der Waals surface area contributed by atoms with Crippen molar-refractivity contribution in [2.45, 2.75) is 18.9 Å². The van der Waals surface area contributed by atoms with Crippen LogP contribution in [0, 0.1) is 0 Å². The molecule has 1 amide bonds. The maximum atomic E-state index is 10.4. The fourth-order valence-electron chi connectivity index (χ4n) is 1.33. The molecule has 4 heteroatoms. The number of carbonyl (C=O) groups is 1. The van der Waals surface area contributed by atoms with Crippen LogP contribution in [0.25, 0.3) is 0 Å². The zero-order chi connectivity index (χ0) is 8.27. The molecule has 4 N–H and O–H groups in total. The molecule has 0 aromatic rings. The number of carbonyl (C=O) groups excluding carboxylic acids is 1. The number of primary amides is 1. The van der Waals surface area contributed by atoms with Gasteiger partial charge in [-0.05, 0) is 13.0 Å². The van der Waals surface area contributed by atoms with E-state index in [1.54, 1.807) is 0 Å². The van der Waals surface area contributed by atoms with Crippen LogP contribution in [-0.2, 0) is 4.79 Å². The molecule has 0 bridgehead atoms. The lowest BCUT2D eigenvalue weighted by atomic mass is 10.3. The first-order valence-electron chi connectivity index (χ1n) is 3.94. The van der Waals surface area contributed by atoms with Crippen molar-refractivity contribution in [3.63, 3.8) is 0 Å². The molecule has 1 aliphatic heterocycles. The van der Waals surface area contributed by atoms with Crippen LogP contribution in [0.4, 0.5) is 0 Å². The molecule has 0 spiro atoms. The molecule has 1 rings (SSSR count). The molecule has 0 radical (unpaired) electrons. The largest absolute Gasteiger partial charge is 0.370 e. The van der Waals surface area contributed by atoms with Gasteiger partial charge in [0.25, 0.3) is 0 Å². The van der Waals surface area contributed by atoms with Crippen LogP contribution in [0.5, 0.6) is 0 Å². The number of nitrogens with two attached hydrogens (primary N) is 2. The highest BCUT2D eigenvalue weighted by atomic mass is 16.1. The van der Waals surface area contributed by atoms with E-state index in [1.165, 1.54) is 0 Å². The lowest BCUT2D eigenvalue weighted by molar-refractivity contribution is -0.118. The highest BCUT2D eigenvalue weighted by Crippen LogP contribution is 2.06. The first kappa shape index (κ1) is 8.49. The van der Waals surface area contributed by atoms with Gasteiger partial charge in [0.1, 0.15) is 0 Å². The van der Waals surface area contributed by atoms with Crippen molar-refractivity contribution in [3.8, 4) is 0 Å². The number of nitrogens with zero attached hydrogens (tertiary/aromatic N) is 1. The van der Waals surface area contributed by atoms with Gasteiger partial charge >= 0.3 is 0 Å². The average molecular weight is 157 g/mol. The highest BCUT2D eigenvalue weighted by molar-refractivity contribution is 5.73. The number of rotatable bonds is 3. The van der Waals surface area contributed by atoms with E-state index in [4.69, 9.17) is 11.5 Å². The first-order valence-corrected chi connectivity index (χ1v) is 3.94. The van der Waals surface area contributed by atoms with Crippen LogP contribution in [0.2, 0.25) is 0 Å². The molecule has 0 aromatic heterocycles. The second kappa shape index (κ2) is 3.69. The molecule has 1 fully saturated rings. The van der Waals surface area contributed by atoms with Gasteiger partial charge in [0.15, 0.2) is 0 Å². The quantitative estimate of drug-likeness (QED) is 0.546. The molecule has 64 valence electrons. The molecule has 11 heavy (non-hydrogen) atoms. The summed E-state index contributed by atoms with van der Waals surface area (Å²) in [5.41, 5.74) is 10.7. The van der Waals surface area contributed by atoms with Gasteiger partial charge in [-0.25, -0.2) is 0 Å². The van der Waals surface area contributed by atoms with Crippen LogP contribution in [0.1, 0.15) is 12.8 Å². The van der Waals surface area contributed by atoms with E-state index < -0.39 is 0 Å². The van der Waals surface area contributed by atoms with Crippen molar-refractivity contribution in [1.29, 1.82) is 0 Å². The molecule has 1 saturated heterocycles. The Bertz CT molecular complexity index is 149. The van der Waals surface area contributed by atoms with Gasteiger partial charge in [-0.1, -0.05) is 0 Å². The summed E-state index contributed by atoms with van der Waals surface area (Å²) in [5, 5.41) is 0. The monoisotopic (exact) mass is 157 g/mol. The third kappa shape index (κ3) is 2.86. The van der Waals surface area contributed by atoms with Crippen LogP contribution in [0.15, 0.2) is 0 Å². The predicted molar refractivity (Wildman–Crippen MR) is 42.8 cm³/mol. The lowest BCUT2D eigenvalue weighted by Crippen LogP contribution is -2.29. The Morgan fingerprint density at radius 2 is 2.36 bits per heavy atom. The topological polar surface area (TPSA) is 72.4 Å². The minimum atomic E-state index is -0.231. The van der Waals surface area contributed by atoms with Crippen molar-refractivity contribution >= 4 is 5.91 Å². The molecular weight excluding hydrogens is 142 g/mol. The fourth-order valence-corrected chi connectivity index (χ4v) is 1.33. The summed E-state index contributed by atoms with van der Waals surface area (Å²) in [7, 11) is 0. The molecule has 1 atom stereocenters. The van der Waals surface area contributed by atoms with Gasteiger partial charge in [0, 0.05) is 25.6 Å². The molecule has 1 heterocycles. The Labute approximate surface area is 66.5 Å². The molecule has 0 aliphatic carbocycles. The van der Waals surface area contributed by atoms with Gasteiger partial charge in [-0.15, -0.1) is 0 Å². The van der Waals surface area contributed by atoms with Crippen LogP contribution < -0.4 is 11.5 Å². The summed E-state index contributed by atoms with van der Waals surface area (Å²) in [6.07, 6.45) is 1.49. The number of hydrogen-bond acceptors (Lipinski definition) is 3. The molecule has 0 aromatic carbocycles. The maximum absolute atomic E-state index is 10.4.